The number of para-hydroxylation sites is 1. The van der Waals surface area contributed by atoms with Gasteiger partial charge in [0.25, 0.3) is 5.71 Å². The molecule has 0 amide bonds. The van der Waals surface area contributed by atoms with Gasteiger partial charge in [-0.2, -0.15) is 4.98 Å². The smallest absolute Gasteiger partial charge is 0.341 e. The molecule has 0 radical (unpaired) electrons. The number of hydrogen-bond acceptors (Lipinski definition) is 7. The van der Waals surface area contributed by atoms with Crippen molar-refractivity contribution in [3.8, 4) is 29.0 Å². The van der Waals surface area contributed by atoms with Gasteiger partial charge in [0.2, 0.25) is 5.89 Å². The molecule has 2 heterocycles. The summed E-state index contributed by atoms with van der Waals surface area (Å²) in [6.45, 7) is 1.35. The average molecular weight is 395 g/mol. The number of nitrogens with zero attached hydrogens (tertiary/aromatic N) is 3. The number of fused-ring (bicyclic) bond motifs is 1. The number of hydrogen-bond donors (Lipinski definition) is 1. The first-order valence-electron chi connectivity index (χ1n) is 8.51. The number of carboxylic acid groups (broad SMARTS) is 1. The molecule has 0 saturated carbocycles. The van der Waals surface area contributed by atoms with Gasteiger partial charge in [-0.05, 0) is 42.8 Å². The lowest BCUT2D eigenvalue weighted by molar-refractivity contribution is -0.139. The van der Waals surface area contributed by atoms with Gasteiger partial charge in [-0.1, -0.05) is 12.1 Å². The highest BCUT2D eigenvalue weighted by atomic mass is 19.1. The predicted octanol–water partition coefficient (Wildman–Crippen LogP) is 3.99. The molecule has 0 spiro atoms. The Morgan fingerprint density at radius 3 is 2.76 bits per heavy atom. The predicted molar refractivity (Wildman–Crippen MR) is 99.4 cm³/mol. The van der Waals surface area contributed by atoms with E-state index in [0.717, 1.165) is 5.56 Å². The second kappa shape index (κ2) is 7.55. The molecule has 1 N–H and O–H groups in total. The summed E-state index contributed by atoms with van der Waals surface area (Å²) in [6.07, 6.45) is 1.42. The Balaban J connectivity index is 1.60. The van der Waals surface area contributed by atoms with Crippen LogP contribution in [0.25, 0.3) is 22.7 Å². The number of aromatic nitrogens is 3. The fourth-order valence-electron chi connectivity index (χ4n) is 2.60. The van der Waals surface area contributed by atoms with Crippen LogP contribution in [-0.2, 0) is 4.79 Å². The molecule has 0 aliphatic rings. The highest BCUT2D eigenvalue weighted by Crippen LogP contribution is 2.29. The van der Waals surface area contributed by atoms with E-state index in [1.54, 1.807) is 37.3 Å². The SMILES string of the molecule is Cc1cc(-c2nc3cnc(Oc4ccccc4F)nc3o2)ccc1OCC(=O)O. The quantitative estimate of drug-likeness (QED) is 0.522. The van der Waals surface area contributed by atoms with E-state index in [9.17, 15) is 9.18 Å². The van der Waals surface area contributed by atoms with Crippen molar-refractivity contribution in [1.29, 1.82) is 0 Å². The van der Waals surface area contributed by atoms with Crippen LogP contribution in [0.4, 0.5) is 4.39 Å². The maximum Gasteiger partial charge on any atom is 0.341 e. The molecule has 9 heteroatoms. The van der Waals surface area contributed by atoms with Crippen LogP contribution < -0.4 is 9.47 Å². The zero-order valence-corrected chi connectivity index (χ0v) is 15.1. The third-order valence-corrected chi connectivity index (χ3v) is 3.94. The second-order valence-electron chi connectivity index (χ2n) is 6.06. The maximum absolute atomic E-state index is 13.7. The molecule has 146 valence electrons. The van der Waals surface area contributed by atoms with Crippen LogP contribution in [0.3, 0.4) is 0 Å². The highest BCUT2D eigenvalue weighted by molar-refractivity contribution is 5.72. The van der Waals surface area contributed by atoms with Gasteiger partial charge in [0.15, 0.2) is 18.2 Å². The Hall–Kier alpha value is -4.01. The molecule has 4 rings (SSSR count). The monoisotopic (exact) mass is 395 g/mol. The van der Waals surface area contributed by atoms with Crippen molar-refractivity contribution in [2.75, 3.05) is 6.61 Å². The first kappa shape index (κ1) is 18.4. The van der Waals surface area contributed by atoms with Crippen LogP contribution >= 0.6 is 0 Å². The van der Waals surface area contributed by atoms with Crippen molar-refractivity contribution in [1.82, 2.24) is 15.0 Å². The number of benzene rings is 2. The molecule has 4 aromatic rings. The van der Waals surface area contributed by atoms with Crippen molar-refractivity contribution < 1.29 is 28.2 Å². The average Bonchev–Trinajstić information content (AvgIpc) is 3.12. The number of carboxylic acids is 1. The van der Waals surface area contributed by atoms with E-state index in [4.69, 9.17) is 19.0 Å². The fraction of sp³-hybridized carbons (Fsp3) is 0.100. The third-order valence-electron chi connectivity index (χ3n) is 3.94. The molecule has 8 nitrogen and oxygen atoms in total. The molecule has 0 atom stereocenters. The van der Waals surface area contributed by atoms with Gasteiger partial charge in [0, 0.05) is 5.56 Å². The molecule has 0 bridgehead atoms. The molecule has 0 fully saturated rings. The first-order valence-corrected chi connectivity index (χ1v) is 8.51. The van der Waals surface area contributed by atoms with Crippen LogP contribution in [0, 0.1) is 12.7 Å². The van der Waals surface area contributed by atoms with Crippen molar-refractivity contribution in [2.45, 2.75) is 6.92 Å². The van der Waals surface area contributed by atoms with Crippen LogP contribution in [0.5, 0.6) is 17.5 Å². The topological polar surface area (TPSA) is 108 Å². The number of ether oxygens (including phenoxy) is 2. The number of oxazole rings is 1. The summed E-state index contributed by atoms with van der Waals surface area (Å²) in [6, 6.07) is 10.9. The fourth-order valence-corrected chi connectivity index (χ4v) is 2.60. The number of carbonyl (C=O) groups is 1. The van der Waals surface area contributed by atoms with E-state index in [-0.39, 0.29) is 17.5 Å². The van der Waals surface area contributed by atoms with Gasteiger partial charge in [-0.15, -0.1) is 0 Å². The standard InChI is InChI=1S/C20H14FN3O5/c1-11-8-12(6-7-15(11)27-10-17(25)26)18-23-14-9-22-20(24-19(14)29-18)28-16-5-3-2-4-13(16)21/h2-9H,10H2,1H3,(H,25,26). The minimum Gasteiger partial charge on any atom is -0.482 e. The summed E-state index contributed by atoms with van der Waals surface area (Å²) in [4.78, 5) is 23.1. The Kier molecular flexibility index (Phi) is 4.78. The van der Waals surface area contributed by atoms with E-state index >= 15 is 0 Å². The zero-order chi connectivity index (χ0) is 20.4. The van der Waals surface area contributed by atoms with E-state index in [1.165, 1.54) is 18.3 Å². The normalized spacial score (nSPS) is 10.8. The molecule has 0 saturated heterocycles. The molecule has 0 aliphatic carbocycles. The molecule has 0 unspecified atom stereocenters. The summed E-state index contributed by atoms with van der Waals surface area (Å²) in [7, 11) is 0. The van der Waals surface area contributed by atoms with Crippen LogP contribution in [0.2, 0.25) is 0 Å². The minimum atomic E-state index is -1.06. The lowest BCUT2D eigenvalue weighted by Gasteiger charge is -2.07. The van der Waals surface area contributed by atoms with Gasteiger partial charge in [0.05, 0.1) is 6.20 Å². The molecular weight excluding hydrogens is 381 g/mol. The van der Waals surface area contributed by atoms with Gasteiger partial charge in [-0.3, -0.25) is 0 Å². The van der Waals surface area contributed by atoms with Gasteiger partial charge < -0.3 is 19.0 Å². The Morgan fingerprint density at radius 2 is 2.00 bits per heavy atom. The summed E-state index contributed by atoms with van der Waals surface area (Å²) in [5.74, 6) is -0.841. The van der Waals surface area contributed by atoms with Crippen molar-refractivity contribution in [3.63, 3.8) is 0 Å². The number of halogens is 1. The number of rotatable bonds is 6. The van der Waals surface area contributed by atoms with Crippen LogP contribution in [-0.4, -0.2) is 32.6 Å². The summed E-state index contributed by atoms with van der Waals surface area (Å²) >= 11 is 0. The molecular formula is C20H14FN3O5. The maximum atomic E-state index is 13.7. The summed E-state index contributed by atoms with van der Waals surface area (Å²) < 4.78 is 30.0. The minimum absolute atomic E-state index is 0.000775. The van der Waals surface area contributed by atoms with E-state index in [0.29, 0.717) is 22.7 Å². The first-order chi connectivity index (χ1) is 14.0. The van der Waals surface area contributed by atoms with E-state index < -0.39 is 18.4 Å². The third kappa shape index (κ3) is 3.98. The molecule has 2 aromatic heterocycles. The van der Waals surface area contributed by atoms with E-state index in [2.05, 4.69) is 15.0 Å². The lowest BCUT2D eigenvalue weighted by atomic mass is 10.1. The van der Waals surface area contributed by atoms with Gasteiger partial charge in [-0.25, -0.2) is 19.2 Å². The van der Waals surface area contributed by atoms with Crippen LogP contribution in [0.15, 0.2) is 53.1 Å². The van der Waals surface area contributed by atoms with E-state index in [1.807, 2.05) is 0 Å². The second-order valence-corrected chi connectivity index (χ2v) is 6.06. The lowest BCUT2D eigenvalue weighted by Crippen LogP contribution is -2.10. The largest absolute Gasteiger partial charge is 0.482 e. The zero-order valence-electron chi connectivity index (χ0n) is 15.1. The van der Waals surface area contributed by atoms with Crippen molar-refractivity contribution in [3.05, 3.63) is 60.0 Å². The highest BCUT2D eigenvalue weighted by Gasteiger charge is 2.14. The van der Waals surface area contributed by atoms with Crippen molar-refractivity contribution >= 4 is 17.2 Å². The van der Waals surface area contributed by atoms with Crippen LogP contribution in [0.1, 0.15) is 5.56 Å². The molecule has 0 aliphatic heterocycles. The van der Waals surface area contributed by atoms with Gasteiger partial charge >= 0.3 is 12.0 Å². The summed E-state index contributed by atoms with van der Waals surface area (Å²) in [5.41, 5.74) is 1.97. The molecule has 29 heavy (non-hydrogen) atoms. The number of aliphatic carboxylic acids is 1. The Bertz CT molecular complexity index is 1210. The summed E-state index contributed by atoms with van der Waals surface area (Å²) in [5, 5.41) is 8.72. The Morgan fingerprint density at radius 1 is 1.17 bits per heavy atom. The number of aryl methyl sites for hydroxylation is 1. The van der Waals surface area contributed by atoms with Crippen molar-refractivity contribution in [2.24, 2.45) is 0 Å². The van der Waals surface area contributed by atoms with Gasteiger partial charge in [0.1, 0.15) is 11.3 Å². The molecule has 2 aromatic carbocycles. The Labute approximate surface area is 163 Å².